The van der Waals surface area contributed by atoms with Crippen LogP contribution < -0.4 is 20.1 Å². The SMILES string of the molecule is COCCOc1cc(-c2cnc([C@@H]3CCCN3C(=O)[C@H](COC)NC(=O)OC)[nH]2)ccc1-c1ccc(-c2cnc([C@@H]3CCCN3C(=O)[C@@H](NC(=O)OC)C(C)C)[nH]2)cc1OCCOC. The van der Waals surface area contributed by atoms with Crippen LogP contribution in [0.15, 0.2) is 48.8 Å². The fourth-order valence-electron chi connectivity index (χ4n) is 8.09. The molecule has 0 spiro atoms. The highest BCUT2D eigenvalue weighted by atomic mass is 16.5. The molecule has 2 aliphatic heterocycles. The summed E-state index contributed by atoms with van der Waals surface area (Å²) in [5.41, 5.74) is 4.64. The van der Waals surface area contributed by atoms with Crippen LogP contribution in [0.25, 0.3) is 33.6 Å². The van der Waals surface area contributed by atoms with E-state index in [9.17, 15) is 19.2 Å². The number of hydrogen-bond donors (Lipinski definition) is 4. The standard InChI is InChI=1S/C45H60N8O11/c1-27(2)39(51-45(57)62-7)43(55)53-17-9-11-36(53)41-47-25-33(49-41)29-13-15-31(38(23-29)64-21-19-59-4)30-14-12-28(22-37(30)63-20-18-58-3)32-24-46-40(48-32)35-10-8-16-52(35)42(54)34(26-60-5)50-44(56)61-6/h12-15,22-25,27,34-36,39H,8-11,16-21,26H2,1-7H3,(H,46,48)(H,47,49)(H,50,56)(H,51,57)/t34-,35-,36-,39-/m0/s1. The van der Waals surface area contributed by atoms with E-state index in [-0.39, 0.29) is 49.6 Å². The van der Waals surface area contributed by atoms with Gasteiger partial charge in [0.2, 0.25) is 11.8 Å². The van der Waals surface area contributed by atoms with Crippen molar-refractivity contribution < 1.29 is 52.3 Å². The minimum absolute atomic E-state index is 0.00767. The van der Waals surface area contributed by atoms with Gasteiger partial charge in [0.25, 0.3) is 0 Å². The molecule has 4 heterocycles. The molecule has 0 saturated carbocycles. The first-order chi connectivity index (χ1) is 31.0. The zero-order chi connectivity index (χ0) is 45.8. The number of hydrogen-bond acceptors (Lipinski definition) is 13. The Morgan fingerprint density at radius 2 is 1.16 bits per heavy atom. The van der Waals surface area contributed by atoms with Crippen molar-refractivity contribution in [3.63, 3.8) is 0 Å². The van der Waals surface area contributed by atoms with Crippen LogP contribution in [0.3, 0.4) is 0 Å². The number of ether oxygens (including phenoxy) is 7. The molecule has 6 rings (SSSR count). The second-order valence-electron chi connectivity index (χ2n) is 15.8. The van der Waals surface area contributed by atoms with Crippen LogP contribution >= 0.6 is 0 Å². The van der Waals surface area contributed by atoms with Crippen LogP contribution in [0.5, 0.6) is 11.5 Å². The minimum Gasteiger partial charge on any atom is -0.491 e. The Morgan fingerprint density at radius 3 is 1.61 bits per heavy atom. The lowest BCUT2D eigenvalue weighted by atomic mass is 9.98. The van der Waals surface area contributed by atoms with Crippen molar-refractivity contribution in [3.8, 4) is 45.1 Å². The summed E-state index contributed by atoms with van der Waals surface area (Å²) in [6.07, 6.45) is 5.09. The number of carbonyl (C=O) groups excluding carboxylic acids is 4. The Morgan fingerprint density at radius 1 is 0.672 bits per heavy atom. The fourth-order valence-corrected chi connectivity index (χ4v) is 8.09. The Kier molecular flexibility index (Phi) is 16.6. The molecule has 346 valence electrons. The molecule has 2 saturated heterocycles. The number of methoxy groups -OCH3 is 5. The summed E-state index contributed by atoms with van der Waals surface area (Å²) in [7, 11) is 7.21. The fraction of sp³-hybridized carbons (Fsp3) is 0.511. The Bertz CT molecular complexity index is 2210. The zero-order valence-corrected chi connectivity index (χ0v) is 37.6. The van der Waals surface area contributed by atoms with Crippen molar-refractivity contribution in [2.45, 2.75) is 63.7 Å². The van der Waals surface area contributed by atoms with Crippen molar-refractivity contribution in [2.24, 2.45) is 5.92 Å². The molecule has 4 atom stereocenters. The summed E-state index contributed by atoms with van der Waals surface area (Å²) in [4.78, 5) is 71.3. The quantitative estimate of drug-likeness (QED) is 0.0833. The van der Waals surface area contributed by atoms with E-state index in [2.05, 4.69) is 20.6 Å². The summed E-state index contributed by atoms with van der Waals surface area (Å²) < 4.78 is 38.1. The number of rotatable bonds is 20. The van der Waals surface area contributed by atoms with Crippen molar-refractivity contribution in [2.75, 3.05) is 81.7 Å². The Balaban J connectivity index is 1.27. The zero-order valence-electron chi connectivity index (χ0n) is 37.6. The molecule has 2 aliphatic rings. The molecular formula is C45H60N8O11. The largest absolute Gasteiger partial charge is 0.491 e. The van der Waals surface area contributed by atoms with E-state index in [4.69, 9.17) is 43.1 Å². The second kappa shape index (κ2) is 22.4. The van der Waals surface area contributed by atoms with Crippen LogP contribution in [0.2, 0.25) is 0 Å². The lowest BCUT2D eigenvalue weighted by molar-refractivity contribution is -0.136. The Labute approximate surface area is 372 Å². The van der Waals surface area contributed by atoms with Crippen molar-refractivity contribution >= 4 is 24.0 Å². The third kappa shape index (κ3) is 11.1. The van der Waals surface area contributed by atoms with Gasteiger partial charge in [0.15, 0.2) is 0 Å². The molecule has 64 heavy (non-hydrogen) atoms. The highest BCUT2D eigenvalue weighted by Crippen LogP contribution is 2.42. The maximum atomic E-state index is 13.8. The second-order valence-corrected chi connectivity index (χ2v) is 15.8. The van der Waals surface area contributed by atoms with Gasteiger partial charge in [-0.2, -0.15) is 0 Å². The van der Waals surface area contributed by atoms with Crippen molar-refractivity contribution in [1.29, 1.82) is 0 Å². The van der Waals surface area contributed by atoms with Crippen LogP contribution in [-0.2, 0) is 33.3 Å². The van der Waals surface area contributed by atoms with E-state index in [0.29, 0.717) is 55.9 Å². The van der Waals surface area contributed by atoms with Gasteiger partial charge < -0.3 is 63.6 Å². The maximum Gasteiger partial charge on any atom is 0.407 e. The highest BCUT2D eigenvalue weighted by molar-refractivity contribution is 5.87. The molecule has 19 nitrogen and oxygen atoms in total. The Hall–Kier alpha value is -6.18. The van der Waals surface area contributed by atoms with E-state index >= 15 is 0 Å². The van der Waals surface area contributed by atoms with E-state index in [0.717, 1.165) is 52.9 Å². The topological polar surface area (TPSA) is 221 Å². The lowest BCUT2D eigenvalue weighted by Gasteiger charge is -2.30. The molecule has 4 aromatic rings. The summed E-state index contributed by atoms with van der Waals surface area (Å²) in [6.45, 7) is 6.10. The van der Waals surface area contributed by atoms with Gasteiger partial charge in [0.05, 0.1) is 69.9 Å². The van der Waals surface area contributed by atoms with Gasteiger partial charge in [-0.15, -0.1) is 0 Å². The molecule has 2 aromatic heterocycles. The number of H-pyrrole nitrogens is 2. The smallest absolute Gasteiger partial charge is 0.407 e. The molecule has 19 heteroatoms. The average Bonchev–Trinajstić information content (AvgIpc) is 4.15. The van der Waals surface area contributed by atoms with Gasteiger partial charge in [0.1, 0.15) is 48.4 Å². The van der Waals surface area contributed by atoms with Crippen LogP contribution in [-0.4, -0.2) is 147 Å². The summed E-state index contributed by atoms with van der Waals surface area (Å²) in [5, 5.41) is 5.27. The summed E-state index contributed by atoms with van der Waals surface area (Å²) in [5.74, 6) is 1.82. The number of nitrogens with one attached hydrogen (secondary N) is 4. The van der Waals surface area contributed by atoms with E-state index in [1.54, 1.807) is 36.4 Å². The summed E-state index contributed by atoms with van der Waals surface area (Å²) >= 11 is 0. The number of aromatic amines is 2. The van der Waals surface area contributed by atoms with E-state index in [1.807, 2.05) is 50.2 Å². The van der Waals surface area contributed by atoms with E-state index in [1.165, 1.54) is 21.3 Å². The molecule has 2 aromatic carbocycles. The molecule has 2 fully saturated rings. The number of likely N-dealkylation sites (tertiary alicyclic amines) is 2. The third-order valence-corrected chi connectivity index (χ3v) is 11.4. The van der Waals surface area contributed by atoms with Gasteiger partial charge in [-0.25, -0.2) is 19.6 Å². The first-order valence-electron chi connectivity index (χ1n) is 21.4. The third-order valence-electron chi connectivity index (χ3n) is 11.4. The number of benzene rings is 2. The van der Waals surface area contributed by atoms with Crippen LogP contribution in [0.1, 0.15) is 63.3 Å². The number of carbonyl (C=O) groups is 4. The van der Waals surface area contributed by atoms with E-state index < -0.39 is 24.3 Å². The number of amides is 4. The van der Waals surface area contributed by atoms with Gasteiger partial charge in [-0.05, 0) is 55.9 Å². The highest BCUT2D eigenvalue weighted by Gasteiger charge is 2.38. The number of aromatic nitrogens is 4. The average molecular weight is 889 g/mol. The number of nitrogens with zero attached hydrogens (tertiary/aromatic N) is 4. The maximum absolute atomic E-state index is 13.8. The molecule has 4 N–H and O–H groups in total. The normalized spacial score (nSPS) is 17.0. The van der Waals surface area contributed by atoms with Gasteiger partial charge in [-0.3, -0.25) is 9.59 Å². The molecule has 4 amide bonds. The van der Waals surface area contributed by atoms with Crippen LogP contribution in [0.4, 0.5) is 9.59 Å². The molecule has 0 bridgehead atoms. The molecule has 0 unspecified atom stereocenters. The monoisotopic (exact) mass is 888 g/mol. The lowest BCUT2D eigenvalue weighted by Crippen LogP contribution is -2.51. The molecular weight excluding hydrogens is 829 g/mol. The predicted molar refractivity (Wildman–Crippen MR) is 235 cm³/mol. The summed E-state index contributed by atoms with van der Waals surface area (Å²) in [6, 6.07) is 9.47. The number of alkyl carbamates (subject to hydrolysis) is 2. The molecule has 0 aliphatic carbocycles. The first kappa shape index (κ1) is 47.3. The van der Waals surface area contributed by atoms with Crippen LogP contribution in [0, 0.1) is 5.92 Å². The van der Waals surface area contributed by atoms with Crippen molar-refractivity contribution in [3.05, 3.63) is 60.4 Å². The van der Waals surface area contributed by atoms with Crippen molar-refractivity contribution in [1.82, 2.24) is 40.4 Å². The predicted octanol–water partition coefficient (Wildman–Crippen LogP) is 5.26. The van der Waals surface area contributed by atoms with Gasteiger partial charge >= 0.3 is 12.2 Å². The van der Waals surface area contributed by atoms with Gasteiger partial charge in [0, 0.05) is 56.7 Å². The minimum atomic E-state index is -0.914. The molecule has 0 radical (unpaired) electrons. The number of imidazole rings is 2. The van der Waals surface area contributed by atoms with Gasteiger partial charge in [-0.1, -0.05) is 26.0 Å². The first-order valence-corrected chi connectivity index (χ1v) is 21.4.